The zero-order valence-electron chi connectivity index (χ0n) is 14.9. The fraction of sp³-hybridized carbons (Fsp3) is 0.250. The third kappa shape index (κ3) is 4.83. The van der Waals surface area contributed by atoms with Crippen molar-refractivity contribution in [2.45, 2.75) is 26.3 Å². The minimum Gasteiger partial charge on any atom is -0.550 e. The summed E-state index contributed by atoms with van der Waals surface area (Å²) in [6.45, 7) is 2.80. The van der Waals surface area contributed by atoms with Gasteiger partial charge in [-0.15, -0.1) is 11.3 Å². The van der Waals surface area contributed by atoms with Crippen LogP contribution in [0.2, 0.25) is 0 Å². The summed E-state index contributed by atoms with van der Waals surface area (Å²) >= 11 is 1.27. The van der Waals surface area contributed by atoms with Crippen LogP contribution in [-0.2, 0) is 29.0 Å². The molecule has 0 fully saturated rings. The number of nitrogens with zero attached hydrogens (tertiary/aromatic N) is 1. The number of ether oxygens (including phenoxy) is 1. The van der Waals surface area contributed by atoms with Crippen molar-refractivity contribution in [1.29, 1.82) is 0 Å². The Hall–Kier alpha value is -2.93. The molecule has 0 saturated carbocycles. The van der Waals surface area contributed by atoms with Gasteiger partial charge in [-0.05, 0) is 23.8 Å². The maximum atomic E-state index is 12.3. The number of amides is 1. The molecule has 1 amide bonds. The third-order valence-corrected chi connectivity index (χ3v) is 4.89. The number of aromatic nitrogens is 1. The Morgan fingerprint density at radius 1 is 1.19 bits per heavy atom. The Balaban J connectivity index is 1.70. The van der Waals surface area contributed by atoms with Crippen molar-refractivity contribution in [3.63, 3.8) is 0 Å². The van der Waals surface area contributed by atoms with Gasteiger partial charge in [0.25, 0.3) is 0 Å². The summed E-state index contributed by atoms with van der Waals surface area (Å²) in [5.74, 6) is -0.613. The lowest BCUT2D eigenvalue weighted by atomic mass is 10.0. The fourth-order valence-corrected chi connectivity index (χ4v) is 3.63. The van der Waals surface area contributed by atoms with Crippen LogP contribution in [-0.4, -0.2) is 23.5 Å². The number of carboxylic acid groups (broad SMARTS) is 1. The monoisotopic (exact) mass is 383 g/mol. The second-order valence-corrected chi connectivity index (χ2v) is 6.87. The van der Waals surface area contributed by atoms with Crippen LogP contribution < -0.4 is 15.2 Å². The van der Waals surface area contributed by atoms with Gasteiger partial charge in [-0.1, -0.05) is 30.3 Å². The predicted molar refractivity (Wildman–Crippen MR) is 101 cm³/mol. The van der Waals surface area contributed by atoms with E-state index in [1.165, 1.54) is 11.3 Å². The summed E-state index contributed by atoms with van der Waals surface area (Å²) in [5.41, 5.74) is 1.34. The molecule has 1 heterocycles. The van der Waals surface area contributed by atoms with E-state index in [4.69, 9.17) is 4.74 Å². The Kier molecular flexibility index (Phi) is 6.03. The molecule has 0 bridgehead atoms. The van der Waals surface area contributed by atoms with Crippen molar-refractivity contribution in [3.05, 3.63) is 58.0 Å². The van der Waals surface area contributed by atoms with Gasteiger partial charge in [-0.25, -0.2) is 4.98 Å². The SMILES string of the molecule is CCOc1ccc2ccccc2c1CNC(=O)Cc1nc(CC(=O)[O-])cs1. The molecule has 7 heteroatoms. The molecular weight excluding hydrogens is 364 g/mol. The molecule has 0 aliphatic rings. The summed E-state index contributed by atoms with van der Waals surface area (Å²) in [6.07, 6.45) is -0.141. The highest BCUT2D eigenvalue weighted by Gasteiger charge is 2.12. The molecule has 2 aromatic carbocycles. The second kappa shape index (κ2) is 8.64. The first-order valence-corrected chi connectivity index (χ1v) is 9.48. The number of fused-ring (bicyclic) bond motifs is 1. The van der Waals surface area contributed by atoms with Gasteiger partial charge in [-0.3, -0.25) is 4.79 Å². The number of nitrogens with one attached hydrogen (secondary N) is 1. The number of hydrogen-bond acceptors (Lipinski definition) is 6. The van der Waals surface area contributed by atoms with Gasteiger partial charge < -0.3 is 20.0 Å². The number of carboxylic acids is 1. The van der Waals surface area contributed by atoms with Gasteiger partial charge in [-0.2, -0.15) is 0 Å². The summed E-state index contributed by atoms with van der Waals surface area (Å²) in [7, 11) is 0. The number of thiazole rings is 1. The molecule has 3 rings (SSSR count). The van der Waals surface area contributed by atoms with E-state index < -0.39 is 5.97 Å². The maximum absolute atomic E-state index is 12.3. The molecule has 27 heavy (non-hydrogen) atoms. The van der Waals surface area contributed by atoms with Crippen molar-refractivity contribution in [1.82, 2.24) is 10.3 Å². The van der Waals surface area contributed by atoms with Gasteiger partial charge in [0.15, 0.2) is 0 Å². The van der Waals surface area contributed by atoms with E-state index in [2.05, 4.69) is 10.3 Å². The lowest BCUT2D eigenvalue weighted by Crippen LogP contribution is -2.25. The average Bonchev–Trinajstić information content (AvgIpc) is 3.06. The lowest BCUT2D eigenvalue weighted by Gasteiger charge is -2.14. The van der Waals surface area contributed by atoms with Crippen molar-refractivity contribution < 1.29 is 19.4 Å². The number of aliphatic carboxylic acids is 1. The van der Waals surface area contributed by atoms with Crippen LogP contribution in [0.5, 0.6) is 5.75 Å². The number of benzene rings is 2. The van der Waals surface area contributed by atoms with Crippen LogP contribution in [0.15, 0.2) is 41.8 Å². The van der Waals surface area contributed by atoms with Crippen molar-refractivity contribution >= 4 is 34.0 Å². The number of rotatable bonds is 8. The molecule has 6 nitrogen and oxygen atoms in total. The second-order valence-electron chi connectivity index (χ2n) is 5.93. The van der Waals surface area contributed by atoms with Crippen LogP contribution in [0, 0.1) is 0 Å². The molecule has 0 saturated heterocycles. The van der Waals surface area contributed by atoms with Gasteiger partial charge in [0.05, 0.1) is 18.7 Å². The Morgan fingerprint density at radius 3 is 2.78 bits per heavy atom. The Labute approximate surface area is 160 Å². The largest absolute Gasteiger partial charge is 0.550 e. The van der Waals surface area contributed by atoms with Crippen LogP contribution in [0.3, 0.4) is 0 Å². The molecule has 1 N–H and O–H groups in total. The zero-order chi connectivity index (χ0) is 19.2. The predicted octanol–water partition coefficient (Wildman–Crippen LogP) is 1.85. The van der Waals surface area contributed by atoms with Crippen molar-refractivity contribution in [3.8, 4) is 5.75 Å². The first-order valence-electron chi connectivity index (χ1n) is 8.60. The van der Waals surface area contributed by atoms with E-state index >= 15 is 0 Å². The normalized spacial score (nSPS) is 10.7. The van der Waals surface area contributed by atoms with Gasteiger partial charge in [0.1, 0.15) is 10.8 Å². The first-order chi connectivity index (χ1) is 13.1. The molecule has 3 aromatic rings. The number of hydrogen-bond donors (Lipinski definition) is 1. The molecule has 1 aromatic heterocycles. The Bertz CT molecular complexity index is 968. The quantitative estimate of drug-likeness (QED) is 0.641. The van der Waals surface area contributed by atoms with E-state index in [0.29, 0.717) is 23.9 Å². The van der Waals surface area contributed by atoms with Gasteiger partial charge in [0.2, 0.25) is 5.91 Å². The minimum absolute atomic E-state index is 0.104. The van der Waals surface area contributed by atoms with E-state index in [-0.39, 0.29) is 18.7 Å². The van der Waals surface area contributed by atoms with E-state index in [9.17, 15) is 14.7 Å². The summed E-state index contributed by atoms with van der Waals surface area (Å²) < 4.78 is 5.71. The van der Waals surface area contributed by atoms with Gasteiger partial charge in [0, 0.05) is 29.9 Å². The number of carbonyl (C=O) groups is 2. The van der Waals surface area contributed by atoms with Crippen LogP contribution in [0.1, 0.15) is 23.2 Å². The molecule has 0 aliphatic carbocycles. The highest BCUT2D eigenvalue weighted by Crippen LogP contribution is 2.28. The molecular formula is C20H19N2O4S-. The Morgan fingerprint density at radius 2 is 2.00 bits per heavy atom. The van der Waals surface area contributed by atoms with E-state index in [0.717, 1.165) is 22.1 Å². The molecule has 140 valence electrons. The van der Waals surface area contributed by atoms with E-state index in [1.807, 2.05) is 43.3 Å². The van der Waals surface area contributed by atoms with Crippen LogP contribution in [0.25, 0.3) is 10.8 Å². The highest BCUT2D eigenvalue weighted by atomic mass is 32.1. The van der Waals surface area contributed by atoms with Crippen LogP contribution in [0.4, 0.5) is 0 Å². The van der Waals surface area contributed by atoms with Crippen molar-refractivity contribution in [2.75, 3.05) is 6.61 Å². The molecule has 0 aliphatic heterocycles. The standard InChI is InChI=1S/C20H20N2O4S/c1-2-26-17-8-7-13-5-3-4-6-15(13)16(17)11-21-18(23)10-19-22-14(12-27-19)9-20(24)25/h3-8,12H,2,9-11H2,1H3,(H,21,23)(H,24,25)/p-1. The van der Waals surface area contributed by atoms with Crippen LogP contribution >= 0.6 is 11.3 Å². The summed E-state index contributed by atoms with van der Waals surface area (Å²) in [5, 5.41) is 17.8. The number of carbonyl (C=O) groups excluding carboxylic acids is 2. The topological polar surface area (TPSA) is 91.3 Å². The first kappa shape index (κ1) is 18.8. The molecule has 0 atom stereocenters. The smallest absolute Gasteiger partial charge is 0.227 e. The van der Waals surface area contributed by atoms with Crippen molar-refractivity contribution in [2.24, 2.45) is 0 Å². The fourth-order valence-electron chi connectivity index (χ4n) is 2.84. The van der Waals surface area contributed by atoms with E-state index in [1.54, 1.807) is 5.38 Å². The molecule has 0 unspecified atom stereocenters. The third-order valence-electron chi connectivity index (χ3n) is 4.00. The minimum atomic E-state index is -1.18. The molecule has 0 radical (unpaired) electrons. The van der Waals surface area contributed by atoms with Gasteiger partial charge >= 0.3 is 0 Å². The summed E-state index contributed by atoms with van der Waals surface area (Å²) in [4.78, 5) is 27.1. The molecule has 0 spiro atoms. The lowest BCUT2D eigenvalue weighted by molar-refractivity contribution is -0.304. The highest BCUT2D eigenvalue weighted by molar-refractivity contribution is 7.09. The average molecular weight is 383 g/mol. The summed E-state index contributed by atoms with van der Waals surface area (Å²) in [6, 6.07) is 11.9. The maximum Gasteiger partial charge on any atom is 0.227 e. The zero-order valence-corrected chi connectivity index (χ0v) is 15.7.